The van der Waals surface area contributed by atoms with E-state index >= 15 is 0 Å². The maximum Gasteiger partial charge on any atom is 0.187 e. The molecule has 0 aliphatic heterocycles. The molecule has 0 amide bonds. The third-order valence-electron chi connectivity index (χ3n) is 1.57. The fourth-order valence-electron chi connectivity index (χ4n) is 0.859. The van der Waals surface area contributed by atoms with Crippen molar-refractivity contribution in [3.63, 3.8) is 0 Å². The number of benzene rings is 1. The maximum atomic E-state index is 11.5. The van der Waals surface area contributed by atoms with Gasteiger partial charge in [0.05, 0.1) is 4.36 Å². The Morgan fingerprint density at radius 3 is 2.43 bits per heavy atom. The lowest BCUT2D eigenvalue weighted by molar-refractivity contribution is 0.104. The summed E-state index contributed by atoms with van der Waals surface area (Å²) in [5.74, 6) is -0.110. The van der Waals surface area contributed by atoms with Crippen LogP contribution in [-0.4, -0.2) is 12.0 Å². The Morgan fingerprint density at radius 2 is 1.93 bits per heavy atom. The van der Waals surface area contributed by atoms with Crippen LogP contribution in [0.3, 0.4) is 0 Å². The molecular formula is C10H8Cl2OS. The largest absolute Gasteiger partial charge is 0.289 e. The van der Waals surface area contributed by atoms with Gasteiger partial charge in [0.25, 0.3) is 0 Å². The molecule has 0 N–H and O–H groups in total. The van der Waals surface area contributed by atoms with E-state index in [-0.39, 0.29) is 5.78 Å². The van der Waals surface area contributed by atoms with Crippen LogP contribution >= 0.6 is 35.0 Å². The molecule has 0 fully saturated rings. The van der Waals surface area contributed by atoms with Gasteiger partial charge in [-0.25, -0.2) is 0 Å². The summed E-state index contributed by atoms with van der Waals surface area (Å²) in [6.07, 6.45) is 3.21. The number of halogens is 2. The fourth-order valence-corrected chi connectivity index (χ4v) is 1.31. The van der Waals surface area contributed by atoms with E-state index in [1.54, 1.807) is 24.3 Å². The molecule has 0 unspecified atom stereocenters. The summed E-state index contributed by atoms with van der Waals surface area (Å²) in [4.78, 5) is 11.5. The van der Waals surface area contributed by atoms with Crippen LogP contribution in [0.5, 0.6) is 0 Å². The van der Waals surface area contributed by atoms with Crippen molar-refractivity contribution < 1.29 is 4.79 Å². The van der Waals surface area contributed by atoms with Gasteiger partial charge in [0.1, 0.15) is 0 Å². The molecule has 0 aliphatic carbocycles. The van der Waals surface area contributed by atoms with Crippen LogP contribution < -0.4 is 0 Å². The summed E-state index contributed by atoms with van der Waals surface area (Å²) < 4.78 is 0.477. The Labute approximate surface area is 97.1 Å². The lowest BCUT2D eigenvalue weighted by atomic mass is 10.1. The van der Waals surface area contributed by atoms with E-state index in [1.165, 1.54) is 17.8 Å². The van der Waals surface area contributed by atoms with Crippen LogP contribution in [-0.2, 0) is 0 Å². The van der Waals surface area contributed by atoms with Crippen molar-refractivity contribution >= 4 is 40.7 Å². The molecule has 14 heavy (non-hydrogen) atoms. The normalized spacial score (nSPS) is 11.5. The summed E-state index contributed by atoms with van der Waals surface area (Å²) in [6.45, 7) is 0. The number of carbonyl (C=O) groups excluding carboxylic acids is 1. The Morgan fingerprint density at radius 1 is 1.36 bits per heavy atom. The highest BCUT2D eigenvalue weighted by Gasteiger charge is 2.02. The minimum Gasteiger partial charge on any atom is -0.289 e. The van der Waals surface area contributed by atoms with Crippen molar-refractivity contribution in [2.75, 3.05) is 6.26 Å². The summed E-state index contributed by atoms with van der Waals surface area (Å²) >= 11 is 12.7. The van der Waals surface area contributed by atoms with Gasteiger partial charge in [0.15, 0.2) is 5.78 Å². The zero-order valence-corrected chi connectivity index (χ0v) is 9.79. The smallest absolute Gasteiger partial charge is 0.187 e. The van der Waals surface area contributed by atoms with Crippen LogP contribution in [0.25, 0.3) is 0 Å². The molecule has 1 nitrogen and oxygen atoms in total. The number of ketones is 1. The summed E-state index contributed by atoms with van der Waals surface area (Å²) in [5.41, 5.74) is 0.585. The third kappa shape index (κ3) is 3.37. The Bertz CT molecular complexity index is 357. The lowest BCUT2D eigenvalue weighted by Crippen LogP contribution is -1.93. The highest BCUT2D eigenvalue weighted by atomic mass is 35.5. The number of thioether (sulfide) groups is 1. The average molecular weight is 247 g/mol. The first-order valence-corrected chi connectivity index (χ1v) is 5.82. The Hall–Kier alpha value is -0.440. The number of rotatable bonds is 3. The van der Waals surface area contributed by atoms with Crippen molar-refractivity contribution in [3.8, 4) is 0 Å². The van der Waals surface area contributed by atoms with E-state index in [1.807, 2.05) is 6.26 Å². The minimum absolute atomic E-state index is 0.110. The fraction of sp³-hybridized carbons (Fsp3) is 0.100. The van der Waals surface area contributed by atoms with E-state index in [9.17, 15) is 4.79 Å². The van der Waals surface area contributed by atoms with Gasteiger partial charge in [-0.3, -0.25) is 4.79 Å². The molecule has 1 rings (SSSR count). The van der Waals surface area contributed by atoms with Crippen molar-refractivity contribution in [1.29, 1.82) is 0 Å². The molecule has 0 bridgehead atoms. The first-order valence-electron chi connectivity index (χ1n) is 3.84. The van der Waals surface area contributed by atoms with E-state index < -0.39 is 0 Å². The van der Waals surface area contributed by atoms with Crippen molar-refractivity contribution in [2.24, 2.45) is 0 Å². The molecule has 1 aromatic carbocycles. The van der Waals surface area contributed by atoms with Gasteiger partial charge in [-0.1, -0.05) is 23.2 Å². The van der Waals surface area contributed by atoms with Gasteiger partial charge in [-0.15, -0.1) is 11.8 Å². The first-order chi connectivity index (χ1) is 6.63. The van der Waals surface area contributed by atoms with Crippen LogP contribution in [0, 0.1) is 0 Å². The molecule has 0 spiro atoms. The highest BCUT2D eigenvalue weighted by molar-refractivity contribution is 8.03. The molecule has 1 aromatic rings. The molecule has 0 saturated heterocycles. The van der Waals surface area contributed by atoms with Crippen molar-refractivity contribution in [2.45, 2.75) is 0 Å². The zero-order valence-electron chi connectivity index (χ0n) is 7.46. The van der Waals surface area contributed by atoms with Crippen LogP contribution in [0.4, 0.5) is 0 Å². The number of allylic oxidation sites excluding steroid dienone is 1. The molecule has 0 heterocycles. The van der Waals surface area contributed by atoms with E-state index in [4.69, 9.17) is 23.2 Å². The standard InChI is InChI=1S/C10H8Cl2OS/c1-14-10(12)6-9(13)7-2-4-8(11)5-3-7/h2-6H,1H3/b10-6-. The SMILES string of the molecule is CS/C(Cl)=C\C(=O)c1ccc(Cl)cc1. The van der Waals surface area contributed by atoms with Gasteiger partial charge in [-0.05, 0) is 30.5 Å². The van der Waals surface area contributed by atoms with Crippen LogP contribution in [0.1, 0.15) is 10.4 Å². The molecule has 74 valence electrons. The Kier molecular flexibility index (Phi) is 4.52. The predicted molar refractivity (Wildman–Crippen MR) is 63.2 cm³/mol. The molecule has 0 atom stereocenters. The van der Waals surface area contributed by atoms with Crippen molar-refractivity contribution in [3.05, 3.63) is 45.3 Å². The van der Waals surface area contributed by atoms with Crippen LogP contribution in [0.2, 0.25) is 5.02 Å². The van der Waals surface area contributed by atoms with Crippen molar-refractivity contribution in [1.82, 2.24) is 0 Å². The van der Waals surface area contributed by atoms with E-state index in [0.29, 0.717) is 15.0 Å². The maximum absolute atomic E-state index is 11.5. The minimum atomic E-state index is -0.110. The number of carbonyl (C=O) groups is 1. The van der Waals surface area contributed by atoms with Gasteiger partial charge >= 0.3 is 0 Å². The molecule has 0 saturated carbocycles. The van der Waals surface area contributed by atoms with E-state index in [0.717, 1.165) is 0 Å². The van der Waals surface area contributed by atoms with Gasteiger partial charge in [0.2, 0.25) is 0 Å². The van der Waals surface area contributed by atoms with Gasteiger partial charge in [0, 0.05) is 16.7 Å². The number of hydrogen-bond donors (Lipinski definition) is 0. The topological polar surface area (TPSA) is 17.1 Å². The zero-order chi connectivity index (χ0) is 10.6. The summed E-state index contributed by atoms with van der Waals surface area (Å²) in [5, 5.41) is 0.612. The molecule has 0 aromatic heterocycles. The predicted octanol–water partition coefficient (Wildman–Crippen LogP) is 3.97. The second-order valence-corrected chi connectivity index (χ2v) is 4.44. The van der Waals surface area contributed by atoms with E-state index in [2.05, 4.69) is 0 Å². The lowest BCUT2D eigenvalue weighted by Gasteiger charge is -1.96. The summed E-state index contributed by atoms with van der Waals surface area (Å²) in [6, 6.07) is 6.70. The summed E-state index contributed by atoms with van der Waals surface area (Å²) in [7, 11) is 0. The second-order valence-electron chi connectivity index (χ2n) is 2.52. The molecule has 4 heteroatoms. The monoisotopic (exact) mass is 246 g/mol. The Balaban J connectivity index is 2.85. The quantitative estimate of drug-likeness (QED) is 0.593. The van der Waals surface area contributed by atoms with Gasteiger partial charge < -0.3 is 0 Å². The molecular weight excluding hydrogens is 239 g/mol. The molecule has 0 aliphatic rings. The van der Waals surface area contributed by atoms with Crippen LogP contribution in [0.15, 0.2) is 34.7 Å². The first kappa shape index (κ1) is 11.6. The number of hydrogen-bond acceptors (Lipinski definition) is 2. The highest BCUT2D eigenvalue weighted by Crippen LogP contribution is 2.17. The molecule has 0 radical (unpaired) electrons. The average Bonchev–Trinajstić information content (AvgIpc) is 2.18. The third-order valence-corrected chi connectivity index (χ3v) is 2.90. The van der Waals surface area contributed by atoms with Gasteiger partial charge in [-0.2, -0.15) is 0 Å². The second kappa shape index (κ2) is 5.44.